The number of carbonyl (C=O) groups excluding carboxylic acids is 1. The quantitative estimate of drug-likeness (QED) is 0.458. The molecule has 0 unspecified atom stereocenters. The minimum absolute atomic E-state index is 0.0645. The second-order valence-electron chi connectivity index (χ2n) is 6.85. The maximum atomic E-state index is 12.0. The number of hydrogen-bond donors (Lipinski definition) is 4. The van der Waals surface area contributed by atoms with Gasteiger partial charge in [0.1, 0.15) is 0 Å². The Kier molecular flexibility index (Phi) is 3.15. The summed E-state index contributed by atoms with van der Waals surface area (Å²) >= 11 is 0. The van der Waals surface area contributed by atoms with Crippen LogP contribution in [-0.2, 0) is 0 Å². The van der Waals surface area contributed by atoms with Crippen LogP contribution in [0, 0.1) is 23.2 Å². The fourth-order valence-electron chi connectivity index (χ4n) is 4.86. The summed E-state index contributed by atoms with van der Waals surface area (Å²) in [6.45, 7) is 0.452. The van der Waals surface area contributed by atoms with Crippen LogP contribution in [0.15, 0.2) is 0 Å². The molecule has 4 fully saturated rings. The van der Waals surface area contributed by atoms with Gasteiger partial charge in [0.05, 0.1) is 5.84 Å². The van der Waals surface area contributed by atoms with Gasteiger partial charge < -0.3 is 16.4 Å². The molecule has 0 aliphatic heterocycles. The number of carbonyl (C=O) groups is 1. The maximum absolute atomic E-state index is 12.0. The number of amides is 2. The van der Waals surface area contributed by atoms with E-state index in [0.717, 1.165) is 17.8 Å². The van der Waals surface area contributed by atoms with Crippen LogP contribution in [0.3, 0.4) is 0 Å². The standard InChI is InChI=1S/C14H24N4O/c15-12(16)1-2-17-13(19)18-14-6-9-3-10(7-14)5-11(4-9)8-14/h9-11H,1-8H2,(H3,15,16)(H2,17,18,19). The molecule has 5 heteroatoms. The van der Waals surface area contributed by atoms with Crippen molar-refractivity contribution in [1.82, 2.24) is 10.6 Å². The molecule has 0 aromatic rings. The second kappa shape index (κ2) is 4.69. The first kappa shape index (κ1) is 12.8. The number of nitrogens with one attached hydrogen (secondary N) is 3. The zero-order chi connectivity index (χ0) is 13.5. The highest BCUT2D eigenvalue weighted by atomic mass is 16.2. The van der Waals surface area contributed by atoms with Crippen LogP contribution in [-0.4, -0.2) is 24.0 Å². The average Bonchev–Trinajstić information content (AvgIpc) is 2.25. The fraction of sp³-hybridized carbons (Fsp3) is 0.857. The number of nitrogens with two attached hydrogens (primary N) is 1. The van der Waals surface area contributed by atoms with Gasteiger partial charge in [-0.2, -0.15) is 0 Å². The topological polar surface area (TPSA) is 91.0 Å². The van der Waals surface area contributed by atoms with Crippen molar-refractivity contribution in [3.8, 4) is 0 Å². The van der Waals surface area contributed by atoms with E-state index in [1.54, 1.807) is 0 Å². The molecule has 0 radical (unpaired) electrons. The van der Waals surface area contributed by atoms with E-state index in [2.05, 4.69) is 10.6 Å². The van der Waals surface area contributed by atoms with Crippen LogP contribution < -0.4 is 16.4 Å². The molecule has 0 atom stereocenters. The van der Waals surface area contributed by atoms with E-state index in [1.165, 1.54) is 38.5 Å². The first-order valence-corrected chi connectivity index (χ1v) is 7.43. The van der Waals surface area contributed by atoms with Gasteiger partial charge in [0.2, 0.25) is 0 Å². The van der Waals surface area contributed by atoms with E-state index in [4.69, 9.17) is 11.1 Å². The minimum atomic E-state index is -0.0804. The third-order valence-corrected chi connectivity index (χ3v) is 5.10. The molecule has 106 valence electrons. The van der Waals surface area contributed by atoms with Crippen molar-refractivity contribution in [2.24, 2.45) is 23.5 Å². The Morgan fingerprint density at radius 3 is 2.16 bits per heavy atom. The van der Waals surface area contributed by atoms with Gasteiger partial charge in [0, 0.05) is 18.5 Å². The molecule has 4 aliphatic carbocycles. The molecular formula is C14H24N4O. The number of rotatable bonds is 4. The molecule has 0 heterocycles. The first-order valence-electron chi connectivity index (χ1n) is 7.43. The third-order valence-electron chi connectivity index (χ3n) is 5.10. The van der Waals surface area contributed by atoms with Crippen molar-refractivity contribution in [2.75, 3.05) is 6.54 Å². The van der Waals surface area contributed by atoms with Crippen LogP contribution in [0.4, 0.5) is 4.79 Å². The summed E-state index contributed by atoms with van der Waals surface area (Å²) in [5.74, 6) is 2.63. The predicted molar refractivity (Wildman–Crippen MR) is 74.0 cm³/mol. The summed E-state index contributed by atoms with van der Waals surface area (Å²) in [4.78, 5) is 12.0. The van der Waals surface area contributed by atoms with E-state index in [9.17, 15) is 4.79 Å². The molecule has 0 saturated heterocycles. The van der Waals surface area contributed by atoms with Crippen LogP contribution in [0.2, 0.25) is 0 Å². The van der Waals surface area contributed by atoms with Crippen molar-refractivity contribution in [3.05, 3.63) is 0 Å². The van der Waals surface area contributed by atoms with Crippen molar-refractivity contribution in [2.45, 2.75) is 50.5 Å². The predicted octanol–water partition coefficient (Wildman–Crippen LogP) is 1.58. The molecule has 4 rings (SSSR count). The molecule has 0 aromatic heterocycles. The van der Waals surface area contributed by atoms with Crippen molar-refractivity contribution in [1.29, 1.82) is 5.41 Å². The monoisotopic (exact) mass is 264 g/mol. The van der Waals surface area contributed by atoms with Crippen LogP contribution >= 0.6 is 0 Å². The Hall–Kier alpha value is -1.26. The van der Waals surface area contributed by atoms with Crippen LogP contribution in [0.5, 0.6) is 0 Å². The van der Waals surface area contributed by atoms with Gasteiger partial charge in [-0.05, 0) is 56.3 Å². The van der Waals surface area contributed by atoms with Crippen molar-refractivity contribution >= 4 is 11.9 Å². The van der Waals surface area contributed by atoms with Gasteiger partial charge in [-0.15, -0.1) is 0 Å². The van der Waals surface area contributed by atoms with E-state index in [1.807, 2.05) is 0 Å². The molecule has 2 amide bonds. The first-order chi connectivity index (χ1) is 9.05. The van der Waals surface area contributed by atoms with E-state index in [-0.39, 0.29) is 17.4 Å². The molecule has 4 bridgehead atoms. The maximum Gasteiger partial charge on any atom is 0.315 e. The van der Waals surface area contributed by atoms with Crippen LogP contribution in [0.1, 0.15) is 44.9 Å². The lowest BCUT2D eigenvalue weighted by molar-refractivity contribution is -0.0135. The molecule has 19 heavy (non-hydrogen) atoms. The highest BCUT2D eigenvalue weighted by Crippen LogP contribution is 2.55. The fourth-order valence-corrected chi connectivity index (χ4v) is 4.86. The number of hydrogen-bond acceptors (Lipinski definition) is 2. The Bertz CT molecular complexity index is 358. The number of amidine groups is 1. The Labute approximate surface area is 114 Å². The lowest BCUT2D eigenvalue weighted by atomic mass is 9.53. The zero-order valence-corrected chi connectivity index (χ0v) is 11.4. The summed E-state index contributed by atoms with van der Waals surface area (Å²) in [7, 11) is 0. The van der Waals surface area contributed by atoms with Gasteiger partial charge in [0.25, 0.3) is 0 Å². The molecule has 4 aliphatic rings. The molecule has 4 saturated carbocycles. The average molecular weight is 264 g/mol. The highest BCUT2D eigenvalue weighted by Gasteiger charge is 2.51. The summed E-state index contributed by atoms with van der Waals surface area (Å²) in [6, 6.07) is -0.0804. The van der Waals surface area contributed by atoms with E-state index in [0.29, 0.717) is 13.0 Å². The third kappa shape index (κ3) is 2.69. The van der Waals surface area contributed by atoms with Crippen LogP contribution in [0.25, 0.3) is 0 Å². The molecular weight excluding hydrogens is 240 g/mol. The summed E-state index contributed by atoms with van der Waals surface area (Å²) in [6.07, 6.45) is 8.07. The number of urea groups is 1. The Balaban J connectivity index is 1.54. The van der Waals surface area contributed by atoms with Gasteiger partial charge in [-0.3, -0.25) is 5.41 Å². The molecule has 0 spiro atoms. The lowest BCUT2D eigenvalue weighted by Gasteiger charge is -2.56. The summed E-state index contributed by atoms with van der Waals surface area (Å²) in [5, 5.41) is 13.2. The van der Waals surface area contributed by atoms with E-state index < -0.39 is 0 Å². The minimum Gasteiger partial charge on any atom is -0.388 e. The van der Waals surface area contributed by atoms with Gasteiger partial charge >= 0.3 is 6.03 Å². The molecule has 5 nitrogen and oxygen atoms in total. The van der Waals surface area contributed by atoms with Crippen molar-refractivity contribution in [3.63, 3.8) is 0 Å². The van der Waals surface area contributed by atoms with Gasteiger partial charge in [-0.1, -0.05) is 0 Å². The second-order valence-corrected chi connectivity index (χ2v) is 6.85. The largest absolute Gasteiger partial charge is 0.388 e. The SMILES string of the molecule is N=C(N)CCNC(=O)NC12CC3CC(CC(C3)C1)C2. The molecule has 0 aromatic carbocycles. The smallest absolute Gasteiger partial charge is 0.315 e. The van der Waals surface area contributed by atoms with Gasteiger partial charge in [-0.25, -0.2) is 4.79 Å². The zero-order valence-electron chi connectivity index (χ0n) is 11.4. The summed E-state index contributed by atoms with van der Waals surface area (Å²) in [5.41, 5.74) is 5.34. The highest BCUT2D eigenvalue weighted by molar-refractivity contribution is 5.79. The molecule has 5 N–H and O–H groups in total. The Morgan fingerprint density at radius 1 is 1.16 bits per heavy atom. The lowest BCUT2D eigenvalue weighted by Crippen LogP contribution is -2.61. The van der Waals surface area contributed by atoms with Crippen molar-refractivity contribution < 1.29 is 4.79 Å². The van der Waals surface area contributed by atoms with Gasteiger partial charge in [0.15, 0.2) is 0 Å². The van der Waals surface area contributed by atoms with E-state index >= 15 is 0 Å². The Morgan fingerprint density at radius 2 is 1.68 bits per heavy atom. The summed E-state index contributed by atoms with van der Waals surface area (Å²) < 4.78 is 0. The normalized spacial score (nSPS) is 39.1.